The molecule has 4 aromatic carbocycles. The summed E-state index contributed by atoms with van der Waals surface area (Å²) in [7, 11) is 0. The Labute approximate surface area is 173 Å². The van der Waals surface area contributed by atoms with E-state index in [-0.39, 0.29) is 11.5 Å². The highest BCUT2D eigenvalue weighted by Gasteiger charge is 2.39. The maximum Gasteiger partial charge on any atom is 0.165 e. The summed E-state index contributed by atoms with van der Waals surface area (Å²) in [6, 6.07) is 21.5. The molecule has 2 aliphatic rings. The van der Waals surface area contributed by atoms with Crippen molar-refractivity contribution in [2.45, 2.75) is 18.6 Å². The highest BCUT2D eigenvalue weighted by Crippen LogP contribution is 2.40. The van der Waals surface area contributed by atoms with Gasteiger partial charge in [-0.25, -0.2) is 0 Å². The minimum absolute atomic E-state index is 0.158. The number of aromatic hydroxyl groups is 2. The van der Waals surface area contributed by atoms with Crippen molar-refractivity contribution in [3.63, 3.8) is 0 Å². The first kappa shape index (κ1) is 17.4. The second-order valence-electron chi connectivity index (χ2n) is 8.25. The molecule has 2 heterocycles. The Balaban J connectivity index is 1.48. The minimum Gasteiger partial charge on any atom is -0.507 e. The number of hydrogen-bond acceptors (Lipinski definition) is 5. The van der Waals surface area contributed by atoms with Gasteiger partial charge in [0.25, 0.3) is 0 Å². The van der Waals surface area contributed by atoms with Gasteiger partial charge in [-0.3, -0.25) is 14.9 Å². The molecule has 0 aromatic heterocycles. The van der Waals surface area contributed by atoms with Gasteiger partial charge in [0.05, 0.1) is 16.1 Å². The van der Waals surface area contributed by atoms with Crippen molar-refractivity contribution in [3.8, 4) is 11.5 Å². The standard InChI is InChI=1S/C25H21N3O2/c29-23-17-8-4-5-9-18(17)24(30)21-19(23)10-11-20-22(21)27-25(26-20)12-13-28(15-25)14-16-6-2-1-3-7-16/h1-11,29-30H,12-15H2. The molecular formula is C25H21N3O2. The van der Waals surface area contributed by atoms with Crippen molar-refractivity contribution < 1.29 is 10.2 Å². The molecule has 1 unspecified atom stereocenters. The normalized spacial score (nSPS) is 20.5. The summed E-state index contributed by atoms with van der Waals surface area (Å²) in [6.45, 7) is 2.55. The summed E-state index contributed by atoms with van der Waals surface area (Å²) in [4.78, 5) is 12.4. The molecule has 6 rings (SSSR count). The molecule has 5 nitrogen and oxygen atoms in total. The van der Waals surface area contributed by atoms with Gasteiger partial charge < -0.3 is 10.2 Å². The molecule has 4 aromatic rings. The number of nitrogens with zero attached hydrogens (tertiary/aromatic N) is 3. The lowest BCUT2D eigenvalue weighted by Gasteiger charge is -2.19. The molecule has 5 heteroatoms. The van der Waals surface area contributed by atoms with Crippen LogP contribution < -0.4 is 10.7 Å². The van der Waals surface area contributed by atoms with Crippen LogP contribution in [0.3, 0.4) is 0 Å². The van der Waals surface area contributed by atoms with Crippen LogP contribution >= 0.6 is 0 Å². The van der Waals surface area contributed by atoms with Gasteiger partial charge in [-0.15, -0.1) is 0 Å². The summed E-state index contributed by atoms with van der Waals surface area (Å²) < 4.78 is 0. The lowest BCUT2D eigenvalue weighted by atomic mass is 10.00. The molecule has 1 atom stereocenters. The molecule has 0 aliphatic carbocycles. The van der Waals surface area contributed by atoms with Crippen molar-refractivity contribution in [2.75, 3.05) is 13.1 Å². The Hall–Kier alpha value is -3.44. The van der Waals surface area contributed by atoms with Crippen LogP contribution in [-0.4, -0.2) is 33.9 Å². The SMILES string of the molecule is Oc1c2ccccc2c(O)c2c3c(ccc12)=NC1(CCN(Cc2ccccc2)C1)N=3. The van der Waals surface area contributed by atoms with Gasteiger partial charge in [-0.2, -0.15) is 0 Å². The highest BCUT2D eigenvalue weighted by atomic mass is 16.3. The van der Waals surface area contributed by atoms with Gasteiger partial charge in [0.1, 0.15) is 11.5 Å². The number of fused-ring (bicyclic) bond motifs is 4. The molecule has 1 saturated heterocycles. The highest BCUT2D eigenvalue weighted by molar-refractivity contribution is 6.10. The Morgan fingerprint density at radius 1 is 0.800 bits per heavy atom. The number of benzene rings is 4. The molecule has 148 valence electrons. The summed E-state index contributed by atoms with van der Waals surface area (Å²) in [5, 5.41) is 25.8. The van der Waals surface area contributed by atoms with Gasteiger partial charge in [-0.05, 0) is 17.7 Å². The zero-order chi connectivity index (χ0) is 20.3. The fourth-order valence-electron chi connectivity index (χ4n) is 4.87. The molecule has 0 saturated carbocycles. The van der Waals surface area contributed by atoms with E-state index in [9.17, 15) is 10.2 Å². The average Bonchev–Trinajstić information content (AvgIpc) is 3.34. The molecule has 0 radical (unpaired) electrons. The van der Waals surface area contributed by atoms with Gasteiger partial charge >= 0.3 is 0 Å². The van der Waals surface area contributed by atoms with E-state index >= 15 is 0 Å². The van der Waals surface area contributed by atoms with Crippen molar-refractivity contribution in [1.29, 1.82) is 0 Å². The van der Waals surface area contributed by atoms with Crippen LogP contribution in [0.5, 0.6) is 11.5 Å². The van der Waals surface area contributed by atoms with Gasteiger partial charge in [0.15, 0.2) is 5.66 Å². The summed E-state index contributed by atoms with van der Waals surface area (Å²) >= 11 is 0. The largest absolute Gasteiger partial charge is 0.507 e. The Morgan fingerprint density at radius 3 is 2.33 bits per heavy atom. The zero-order valence-corrected chi connectivity index (χ0v) is 16.4. The smallest absolute Gasteiger partial charge is 0.165 e. The first-order chi connectivity index (χ1) is 14.6. The van der Waals surface area contributed by atoms with Crippen LogP contribution in [-0.2, 0) is 6.54 Å². The molecule has 30 heavy (non-hydrogen) atoms. The monoisotopic (exact) mass is 395 g/mol. The third-order valence-corrected chi connectivity index (χ3v) is 6.29. The Kier molecular flexibility index (Phi) is 3.65. The number of phenolic OH excluding ortho intramolecular Hbond substituents is 2. The van der Waals surface area contributed by atoms with Crippen molar-refractivity contribution in [1.82, 2.24) is 4.90 Å². The van der Waals surface area contributed by atoms with Crippen LogP contribution in [0.2, 0.25) is 0 Å². The summed E-state index contributed by atoms with van der Waals surface area (Å²) in [5.41, 5.74) is 0.767. The molecule has 0 bridgehead atoms. The lowest BCUT2D eigenvalue weighted by Crippen LogP contribution is -2.29. The first-order valence-electron chi connectivity index (χ1n) is 10.2. The van der Waals surface area contributed by atoms with E-state index in [0.29, 0.717) is 26.9 Å². The van der Waals surface area contributed by atoms with Crippen LogP contribution in [0, 0.1) is 0 Å². The first-order valence-corrected chi connectivity index (χ1v) is 10.2. The molecule has 2 N–H and O–H groups in total. The van der Waals surface area contributed by atoms with E-state index < -0.39 is 5.66 Å². The minimum atomic E-state index is -0.515. The molecular weight excluding hydrogens is 374 g/mol. The third kappa shape index (κ3) is 2.52. The summed E-state index contributed by atoms with van der Waals surface area (Å²) in [5.74, 6) is 0.333. The number of likely N-dealkylation sites (tertiary alicyclic amines) is 1. The molecule has 0 amide bonds. The fraction of sp³-hybridized carbons (Fsp3) is 0.200. The van der Waals surface area contributed by atoms with E-state index in [0.717, 1.165) is 31.4 Å². The van der Waals surface area contributed by atoms with Gasteiger partial charge in [0, 0.05) is 42.2 Å². The molecule has 2 aliphatic heterocycles. The fourth-order valence-corrected chi connectivity index (χ4v) is 4.87. The topological polar surface area (TPSA) is 68.4 Å². The number of hydrogen-bond donors (Lipinski definition) is 2. The van der Waals surface area contributed by atoms with E-state index in [1.54, 1.807) is 0 Å². The zero-order valence-electron chi connectivity index (χ0n) is 16.4. The lowest BCUT2D eigenvalue weighted by molar-refractivity contribution is 0.306. The van der Waals surface area contributed by atoms with Crippen molar-refractivity contribution >= 4 is 21.5 Å². The Morgan fingerprint density at radius 2 is 1.53 bits per heavy atom. The second-order valence-corrected chi connectivity index (χ2v) is 8.25. The quantitative estimate of drug-likeness (QED) is 0.404. The molecule has 1 fully saturated rings. The van der Waals surface area contributed by atoms with E-state index in [1.807, 2.05) is 42.5 Å². The predicted octanol–water partition coefficient (Wildman–Crippen LogP) is 3.26. The average molecular weight is 395 g/mol. The second kappa shape index (κ2) is 6.28. The van der Waals surface area contributed by atoms with Gasteiger partial charge in [0.2, 0.25) is 0 Å². The summed E-state index contributed by atoms with van der Waals surface area (Å²) in [6.07, 6.45) is 0.844. The third-order valence-electron chi connectivity index (χ3n) is 6.29. The maximum atomic E-state index is 11.1. The van der Waals surface area contributed by atoms with Crippen molar-refractivity contribution in [3.05, 3.63) is 83.0 Å². The number of rotatable bonds is 2. The van der Waals surface area contributed by atoms with Gasteiger partial charge in [-0.1, -0.05) is 54.6 Å². The Bertz CT molecular complexity index is 1430. The van der Waals surface area contributed by atoms with Crippen LogP contribution in [0.4, 0.5) is 0 Å². The van der Waals surface area contributed by atoms with E-state index in [1.165, 1.54) is 5.56 Å². The number of phenols is 2. The van der Waals surface area contributed by atoms with Crippen LogP contribution in [0.1, 0.15) is 12.0 Å². The molecule has 1 spiro atoms. The van der Waals surface area contributed by atoms with Crippen LogP contribution in [0.25, 0.3) is 21.5 Å². The van der Waals surface area contributed by atoms with Crippen molar-refractivity contribution in [2.24, 2.45) is 9.98 Å². The van der Waals surface area contributed by atoms with E-state index in [2.05, 4.69) is 29.2 Å². The maximum absolute atomic E-state index is 11.1. The van der Waals surface area contributed by atoms with Crippen LogP contribution in [0.15, 0.2) is 76.7 Å². The predicted molar refractivity (Wildman–Crippen MR) is 116 cm³/mol. The van der Waals surface area contributed by atoms with E-state index in [4.69, 9.17) is 9.98 Å².